The Hall–Kier alpha value is -2.92. The van der Waals surface area contributed by atoms with Gasteiger partial charge in [-0.25, -0.2) is 0 Å². The highest BCUT2D eigenvalue weighted by Crippen LogP contribution is 2.12. The van der Waals surface area contributed by atoms with Crippen molar-refractivity contribution in [2.75, 3.05) is 11.9 Å². The number of carbonyl (C=O) groups excluding carboxylic acids is 1. The highest BCUT2D eigenvalue weighted by Gasteiger charge is 2.07. The van der Waals surface area contributed by atoms with Crippen molar-refractivity contribution in [3.05, 3.63) is 89.0 Å². The second kappa shape index (κ2) is 8.97. The van der Waals surface area contributed by atoms with Crippen molar-refractivity contribution < 1.29 is 4.79 Å². The van der Waals surface area contributed by atoms with E-state index < -0.39 is 0 Å². The SMILES string of the molecule is O=C(NCCc1cccc(Cl)c1)c1cc(NCc2cccnc2)ccn1. The Kier molecular flexibility index (Phi) is 6.17. The number of hydrogen-bond acceptors (Lipinski definition) is 4. The third-order valence-electron chi connectivity index (χ3n) is 3.80. The summed E-state index contributed by atoms with van der Waals surface area (Å²) in [6.45, 7) is 1.15. The van der Waals surface area contributed by atoms with E-state index in [4.69, 9.17) is 11.6 Å². The maximum atomic E-state index is 12.3. The fourth-order valence-corrected chi connectivity index (χ4v) is 2.69. The number of halogens is 1. The standard InChI is InChI=1S/C20H19ClN4O/c21-17-5-1-3-15(11-17)6-9-24-20(26)19-12-18(7-10-23-19)25-14-16-4-2-8-22-13-16/h1-5,7-8,10-13H,6,9,14H2,(H,23,25)(H,24,26). The predicted molar refractivity (Wildman–Crippen MR) is 103 cm³/mol. The summed E-state index contributed by atoms with van der Waals surface area (Å²) in [6.07, 6.45) is 5.88. The lowest BCUT2D eigenvalue weighted by molar-refractivity contribution is 0.0949. The van der Waals surface area contributed by atoms with Crippen LogP contribution in [0.1, 0.15) is 21.6 Å². The van der Waals surface area contributed by atoms with E-state index in [0.717, 1.165) is 16.8 Å². The van der Waals surface area contributed by atoms with Crippen molar-refractivity contribution in [2.45, 2.75) is 13.0 Å². The molecule has 0 aliphatic heterocycles. The van der Waals surface area contributed by atoms with Gasteiger partial charge >= 0.3 is 0 Å². The van der Waals surface area contributed by atoms with Gasteiger partial charge in [-0.1, -0.05) is 29.8 Å². The molecule has 3 rings (SSSR count). The molecule has 132 valence electrons. The normalized spacial score (nSPS) is 10.3. The van der Waals surface area contributed by atoms with Crippen molar-refractivity contribution in [3.8, 4) is 0 Å². The molecule has 6 heteroatoms. The van der Waals surface area contributed by atoms with Crippen LogP contribution in [0.15, 0.2) is 67.1 Å². The van der Waals surface area contributed by atoms with E-state index in [9.17, 15) is 4.79 Å². The maximum absolute atomic E-state index is 12.3. The summed E-state index contributed by atoms with van der Waals surface area (Å²) >= 11 is 5.97. The number of rotatable bonds is 7. The van der Waals surface area contributed by atoms with Crippen molar-refractivity contribution in [3.63, 3.8) is 0 Å². The molecule has 26 heavy (non-hydrogen) atoms. The van der Waals surface area contributed by atoms with Crippen LogP contribution in [0.4, 0.5) is 5.69 Å². The Balaban J connectivity index is 1.52. The van der Waals surface area contributed by atoms with Crippen LogP contribution in [0.2, 0.25) is 5.02 Å². The Morgan fingerprint density at radius 1 is 1.04 bits per heavy atom. The van der Waals surface area contributed by atoms with Crippen LogP contribution in [0.3, 0.4) is 0 Å². The lowest BCUT2D eigenvalue weighted by Crippen LogP contribution is -2.26. The molecule has 3 aromatic rings. The molecule has 0 bridgehead atoms. The molecule has 0 radical (unpaired) electrons. The molecule has 2 aromatic heterocycles. The molecule has 0 spiro atoms. The average molecular weight is 367 g/mol. The van der Waals surface area contributed by atoms with E-state index in [2.05, 4.69) is 20.6 Å². The Morgan fingerprint density at radius 2 is 1.92 bits per heavy atom. The highest BCUT2D eigenvalue weighted by molar-refractivity contribution is 6.30. The Labute approximate surface area is 157 Å². The molecule has 0 aliphatic rings. The van der Waals surface area contributed by atoms with Gasteiger partial charge in [-0.05, 0) is 47.9 Å². The molecule has 1 aromatic carbocycles. The van der Waals surface area contributed by atoms with E-state index in [0.29, 0.717) is 30.2 Å². The first kappa shape index (κ1) is 17.9. The van der Waals surface area contributed by atoms with Gasteiger partial charge in [0.1, 0.15) is 5.69 Å². The van der Waals surface area contributed by atoms with Crippen LogP contribution < -0.4 is 10.6 Å². The zero-order valence-electron chi connectivity index (χ0n) is 14.2. The smallest absolute Gasteiger partial charge is 0.269 e. The first-order chi connectivity index (χ1) is 12.7. The molecule has 0 unspecified atom stereocenters. The number of anilines is 1. The first-order valence-electron chi connectivity index (χ1n) is 8.32. The minimum atomic E-state index is -0.197. The van der Waals surface area contributed by atoms with Crippen LogP contribution in [0.25, 0.3) is 0 Å². The van der Waals surface area contributed by atoms with Crippen molar-refractivity contribution in [1.29, 1.82) is 0 Å². The van der Waals surface area contributed by atoms with Crippen LogP contribution in [0.5, 0.6) is 0 Å². The number of pyridine rings is 2. The highest BCUT2D eigenvalue weighted by atomic mass is 35.5. The zero-order valence-corrected chi connectivity index (χ0v) is 14.9. The summed E-state index contributed by atoms with van der Waals surface area (Å²) in [6, 6.07) is 15.1. The Morgan fingerprint density at radius 3 is 2.73 bits per heavy atom. The maximum Gasteiger partial charge on any atom is 0.269 e. The molecular weight excluding hydrogens is 348 g/mol. The van der Waals surface area contributed by atoms with Gasteiger partial charge in [-0.2, -0.15) is 0 Å². The summed E-state index contributed by atoms with van der Waals surface area (Å²) in [5.74, 6) is -0.197. The average Bonchev–Trinajstić information content (AvgIpc) is 2.67. The lowest BCUT2D eigenvalue weighted by Gasteiger charge is -2.09. The number of amides is 1. The Bertz CT molecular complexity index is 870. The number of nitrogens with one attached hydrogen (secondary N) is 2. The summed E-state index contributed by atoms with van der Waals surface area (Å²) < 4.78 is 0. The third-order valence-corrected chi connectivity index (χ3v) is 4.04. The van der Waals surface area contributed by atoms with Gasteiger partial charge in [0.15, 0.2) is 0 Å². The van der Waals surface area contributed by atoms with Gasteiger partial charge in [-0.15, -0.1) is 0 Å². The fourth-order valence-electron chi connectivity index (χ4n) is 2.47. The molecule has 1 amide bonds. The van der Waals surface area contributed by atoms with Crippen molar-refractivity contribution in [2.24, 2.45) is 0 Å². The molecule has 0 atom stereocenters. The van der Waals surface area contributed by atoms with Crippen molar-refractivity contribution >= 4 is 23.2 Å². The van der Waals surface area contributed by atoms with Crippen molar-refractivity contribution in [1.82, 2.24) is 15.3 Å². The van der Waals surface area contributed by atoms with Crippen LogP contribution >= 0.6 is 11.6 Å². The van der Waals surface area contributed by atoms with Gasteiger partial charge < -0.3 is 10.6 Å². The minimum absolute atomic E-state index is 0.197. The zero-order chi connectivity index (χ0) is 18.2. The third kappa shape index (κ3) is 5.29. The second-order valence-electron chi connectivity index (χ2n) is 5.78. The molecular formula is C20H19ClN4O. The largest absolute Gasteiger partial charge is 0.381 e. The summed E-state index contributed by atoms with van der Waals surface area (Å²) in [4.78, 5) is 20.5. The van der Waals surface area contributed by atoms with E-state index in [-0.39, 0.29) is 5.91 Å². The quantitative estimate of drug-likeness (QED) is 0.668. The summed E-state index contributed by atoms with van der Waals surface area (Å²) in [5, 5.41) is 6.85. The molecule has 0 saturated carbocycles. The number of aromatic nitrogens is 2. The molecule has 0 aliphatic carbocycles. The topological polar surface area (TPSA) is 66.9 Å². The van der Waals surface area contributed by atoms with Gasteiger partial charge in [0.05, 0.1) is 0 Å². The lowest BCUT2D eigenvalue weighted by atomic mass is 10.1. The number of benzene rings is 1. The molecule has 2 heterocycles. The molecule has 0 fully saturated rings. The summed E-state index contributed by atoms with van der Waals surface area (Å²) in [5.41, 5.74) is 3.37. The van der Waals surface area contributed by atoms with Gasteiger partial charge in [0.2, 0.25) is 0 Å². The minimum Gasteiger partial charge on any atom is -0.381 e. The van der Waals surface area contributed by atoms with Crippen LogP contribution in [-0.2, 0) is 13.0 Å². The fraction of sp³-hybridized carbons (Fsp3) is 0.150. The number of carbonyl (C=O) groups is 1. The van der Waals surface area contributed by atoms with E-state index in [1.54, 1.807) is 24.7 Å². The van der Waals surface area contributed by atoms with E-state index in [1.165, 1.54) is 0 Å². The van der Waals surface area contributed by atoms with Gasteiger partial charge in [0, 0.05) is 42.4 Å². The second-order valence-corrected chi connectivity index (χ2v) is 6.22. The van der Waals surface area contributed by atoms with Crippen LogP contribution in [0, 0.1) is 0 Å². The van der Waals surface area contributed by atoms with Gasteiger partial charge in [-0.3, -0.25) is 14.8 Å². The molecule has 0 saturated heterocycles. The molecule has 5 nitrogen and oxygen atoms in total. The predicted octanol–water partition coefficient (Wildman–Crippen LogP) is 3.71. The number of hydrogen-bond donors (Lipinski definition) is 2. The molecule has 2 N–H and O–H groups in total. The van der Waals surface area contributed by atoms with Gasteiger partial charge in [0.25, 0.3) is 5.91 Å². The van der Waals surface area contributed by atoms with E-state index in [1.807, 2.05) is 42.5 Å². The first-order valence-corrected chi connectivity index (χ1v) is 8.70. The summed E-state index contributed by atoms with van der Waals surface area (Å²) in [7, 11) is 0. The van der Waals surface area contributed by atoms with E-state index >= 15 is 0 Å². The monoisotopic (exact) mass is 366 g/mol. The number of nitrogens with zero attached hydrogens (tertiary/aromatic N) is 2. The van der Waals surface area contributed by atoms with Crippen LogP contribution in [-0.4, -0.2) is 22.4 Å².